The molecule has 0 atom stereocenters. The van der Waals surface area contributed by atoms with E-state index in [-0.39, 0.29) is 5.78 Å². The average molecular weight is 201 g/mol. The van der Waals surface area contributed by atoms with Crippen LogP contribution in [0.25, 0.3) is 0 Å². The molecular weight excluding hydrogens is 178 g/mol. The summed E-state index contributed by atoms with van der Waals surface area (Å²) in [4.78, 5) is 12.8. The van der Waals surface area contributed by atoms with E-state index in [1.165, 1.54) is 6.42 Å². The highest BCUT2D eigenvalue weighted by Crippen LogP contribution is 1.92. The van der Waals surface area contributed by atoms with Gasteiger partial charge < -0.3 is 4.74 Å². The number of Topliss-reactive ketones (excluding diaryl/α,β-unsaturated/α-hetero) is 1. The van der Waals surface area contributed by atoms with Gasteiger partial charge in [0.2, 0.25) is 0 Å². The molecule has 0 aromatic heterocycles. The highest BCUT2D eigenvalue weighted by atomic mass is 16.5. The molecule has 14 heavy (non-hydrogen) atoms. The lowest BCUT2D eigenvalue weighted by atomic mass is 10.3. The van der Waals surface area contributed by atoms with Crippen LogP contribution in [0.15, 0.2) is 0 Å². The summed E-state index contributed by atoms with van der Waals surface area (Å²) >= 11 is 0. The second-order valence-corrected chi connectivity index (χ2v) is 3.76. The van der Waals surface area contributed by atoms with Crippen LogP contribution in [0.4, 0.5) is 0 Å². The van der Waals surface area contributed by atoms with Gasteiger partial charge in [-0.2, -0.15) is 0 Å². The number of unbranched alkanes of at least 4 members (excludes halogenated alkanes) is 1. The van der Waals surface area contributed by atoms with Gasteiger partial charge in [-0.15, -0.1) is 0 Å². The van der Waals surface area contributed by atoms with Crippen LogP contribution in [0.3, 0.4) is 0 Å². The smallest absolute Gasteiger partial charge is 0.143 e. The standard InChI is InChI=1S/C11H23NO2/c1-4-5-8-14-9-6-7-12(3)10-11(2)13/h4-10H2,1-3H3. The Hall–Kier alpha value is -0.410. The van der Waals surface area contributed by atoms with Crippen molar-refractivity contribution in [1.82, 2.24) is 4.90 Å². The van der Waals surface area contributed by atoms with Crippen LogP contribution >= 0.6 is 0 Å². The molecule has 3 heteroatoms. The molecule has 3 nitrogen and oxygen atoms in total. The molecule has 0 radical (unpaired) electrons. The number of carbonyl (C=O) groups excluding carboxylic acids is 1. The zero-order valence-corrected chi connectivity index (χ0v) is 9.71. The quantitative estimate of drug-likeness (QED) is 0.532. The van der Waals surface area contributed by atoms with Crippen LogP contribution in [-0.2, 0) is 9.53 Å². The first kappa shape index (κ1) is 13.6. The van der Waals surface area contributed by atoms with Crippen molar-refractivity contribution in [3.8, 4) is 0 Å². The topological polar surface area (TPSA) is 29.5 Å². The van der Waals surface area contributed by atoms with Crippen molar-refractivity contribution in [2.75, 3.05) is 33.4 Å². The minimum Gasteiger partial charge on any atom is -0.381 e. The molecule has 0 fully saturated rings. The van der Waals surface area contributed by atoms with Crippen LogP contribution in [0.2, 0.25) is 0 Å². The monoisotopic (exact) mass is 201 g/mol. The van der Waals surface area contributed by atoms with Crippen molar-refractivity contribution in [3.63, 3.8) is 0 Å². The largest absolute Gasteiger partial charge is 0.381 e. The van der Waals surface area contributed by atoms with E-state index in [9.17, 15) is 4.79 Å². The lowest BCUT2D eigenvalue weighted by Gasteiger charge is -2.14. The predicted molar refractivity (Wildman–Crippen MR) is 58.5 cm³/mol. The Morgan fingerprint density at radius 3 is 2.50 bits per heavy atom. The van der Waals surface area contributed by atoms with Crippen LogP contribution in [0.5, 0.6) is 0 Å². The average Bonchev–Trinajstić information content (AvgIpc) is 2.10. The van der Waals surface area contributed by atoms with Gasteiger partial charge in [0.25, 0.3) is 0 Å². The fraction of sp³-hybridized carbons (Fsp3) is 0.909. The maximum absolute atomic E-state index is 10.8. The fourth-order valence-corrected chi connectivity index (χ4v) is 1.24. The first-order chi connectivity index (χ1) is 6.66. The van der Waals surface area contributed by atoms with E-state index < -0.39 is 0 Å². The van der Waals surface area contributed by atoms with Gasteiger partial charge in [-0.3, -0.25) is 9.69 Å². The van der Waals surface area contributed by atoms with E-state index >= 15 is 0 Å². The Balaban J connectivity index is 3.14. The van der Waals surface area contributed by atoms with Crippen LogP contribution in [0, 0.1) is 0 Å². The molecule has 0 unspecified atom stereocenters. The van der Waals surface area contributed by atoms with Gasteiger partial charge in [0.1, 0.15) is 5.78 Å². The van der Waals surface area contributed by atoms with Crippen molar-refractivity contribution in [2.24, 2.45) is 0 Å². The molecule has 0 amide bonds. The lowest BCUT2D eigenvalue weighted by Crippen LogP contribution is -2.26. The van der Waals surface area contributed by atoms with Gasteiger partial charge in [0, 0.05) is 19.8 Å². The molecule has 0 aliphatic heterocycles. The van der Waals surface area contributed by atoms with Crippen LogP contribution < -0.4 is 0 Å². The number of likely N-dealkylation sites (N-methyl/N-ethyl adjacent to an activating group) is 1. The first-order valence-corrected chi connectivity index (χ1v) is 5.42. The summed E-state index contributed by atoms with van der Waals surface area (Å²) in [6, 6.07) is 0. The van der Waals surface area contributed by atoms with Gasteiger partial charge in [-0.25, -0.2) is 0 Å². The molecule has 0 saturated heterocycles. The Morgan fingerprint density at radius 1 is 1.29 bits per heavy atom. The Kier molecular flexibility index (Phi) is 8.89. The van der Waals surface area contributed by atoms with E-state index in [4.69, 9.17) is 4.74 Å². The second kappa shape index (κ2) is 9.16. The predicted octanol–water partition coefficient (Wildman–Crippen LogP) is 1.71. The summed E-state index contributed by atoms with van der Waals surface area (Å²) in [6.45, 7) is 6.94. The van der Waals surface area contributed by atoms with Gasteiger partial charge in [-0.1, -0.05) is 13.3 Å². The molecule has 0 N–H and O–H groups in total. The molecule has 0 heterocycles. The summed E-state index contributed by atoms with van der Waals surface area (Å²) in [5.74, 6) is 0.222. The number of rotatable bonds is 9. The minimum atomic E-state index is 0.222. The number of nitrogens with zero attached hydrogens (tertiary/aromatic N) is 1. The Bertz CT molecular complexity index is 148. The fourth-order valence-electron chi connectivity index (χ4n) is 1.24. The SMILES string of the molecule is CCCCOCCCN(C)CC(C)=O. The number of ketones is 1. The van der Waals surface area contributed by atoms with E-state index in [1.54, 1.807) is 6.92 Å². The van der Waals surface area contributed by atoms with Crippen molar-refractivity contribution < 1.29 is 9.53 Å². The van der Waals surface area contributed by atoms with Gasteiger partial charge >= 0.3 is 0 Å². The van der Waals surface area contributed by atoms with E-state index in [1.807, 2.05) is 11.9 Å². The second-order valence-electron chi connectivity index (χ2n) is 3.76. The van der Waals surface area contributed by atoms with Crippen LogP contribution in [0.1, 0.15) is 33.1 Å². The van der Waals surface area contributed by atoms with E-state index in [0.29, 0.717) is 6.54 Å². The summed E-state index contributed by atoms with van der Waals surface area (Å²) in [5, 5.41) is 0. The summed E-state index contributed by atoms with van der Waals surface area (Å²) in [5.41, 5.74) is 0. The summed E-state index contributed by atoms with van der Waals surface area (Å²) in [7, 11) is 1.97. The van der Waals surface area contributed by atoms with Crippen LogP contribution in [-0.4, -0.2) is 44.0 Å². The van der Waals surface area contributed by atoms with Crippen molar-refractivity contribution in [2.45, 2.75) is 33.1 Å². The minimum absolute atomic E-state index is 0.222. The Labute approximate surface area is 87.4 Å². The molecule has 0 saturated carbocycles. The third-order valence-corrected chi connectivity index (χ3v) is 1.96. The third-order valence-electron chi connectivity index (χ3n) is 1.96. The maximum Gasteiger partial charge on any atom is 0.143 e. The number of ether oxygens (including phenoxy) is 1. The molecule has 0 aliphatic rings. The molecule has 0 spiro atoms. The molecule has 84 valence electrons. The molecule has 0 aliphatic carbocycles. The zero-order valence-electron chi connectivity index (χ0n) is 9.71. The third kappa shape index (κ3) is 9.68. The number of hydrogen-bond acceptors (Lipinski definition) is 3. The van der Waals surface area contributed by atoms with Gasteiger partial charge in [0.15, 0.2) is 0 Å². The van der Waals surface area contributed by atoms with Gasteiger partial charge in [0.05, 0.1) is 6.54 Å². The summed E-state index contributed by atoms with van der Waals surface area (Å²) < 4.78 is 5.42. The molecule has 0 bridgehead atoms. The lowest BCUT2D eigenvalue weighted by molar-refractivity contribution is -0.117. The Morgan fingerprint density at radius 2 is 1.93 bits per heavy atom. The van der Waals surface area contributed by atoms with Crippen molar-refractivity contribution in [3.05, 3.63) is 0 Å². The maximum atomic E-state index is 10.8. The van der Waals surface area contributed by atoms with Crippen molar-refractivity contribution in [1.29, 1.82) is 0 Å². The normalized spacial score (nSPS) is 10.9. The molecular formula is C11H23NO2. The van der Waals surface area contributed by atoms with E-state index in [2.05, 4.69) is 6.92 Å². The number of hydrogen-bond donors (Lipinski definition) is 0. The highest BCUT2D eigenvalue weighted by Gasteiger charge is 2.00. The molecule has 0 rings (SSSR count). The first-order valence-electron chi connectivity index (χ1n) is 5.42. The highest BCUT2D eigenvalue weighted by molar-refractivity contribution is 5.77. The van der Waals surface area contributed by atoms with Crippen molar-refractivity contribution >= 4 is 5.78 Å². The number of carbonyl (C=O) groups is 1. The van der Waals surface area contributed by atoms with E-state index in [0.717, 1.165) is 32.6 Å². The molecule has 0 aromatic rings. The molecule has 0 aromatic carbocycles. The zero-order chi connectivity index (χ0) is 10.8. The van der Waals surface area contributed by atoms with Gasteiger partial charge in [-0.05, 0) is 26.8 Å². The summed E-state index contributed by atoms with van der Waals surface area (Å²) in [6.07, 6.45) is 3.33.